The predicted molar refractivity (Wildman–Crippen MR) is 116 cm³/mol. The molecule has 2 saturated heterocycles. The highest BCUT2D eigenvalue weighted by Crippen LogP contribution is 2.21. The minimum atomic E-state index is 0. The second kappa shape index (κ2) is 9.59. The maximum atomic E-state index is 6.17. The number of likely N-dealkylation sites (tertiary alicyclic amines) is 1. The molecule has 3 heterocycles. The van der Waals surface area contributed by atoms with Crippen molar-refractivity contribution in [2.75, 3.05) is 31.1 Å². The van der Waals surface area contributed by atoms with Gasteiger partial charge in [0.2, 0.25) is 0 Å². The summed E-state index contributed by atoms with van der Waals surface area (Å²) >= 11 is 0. The van der Waals surface area contributed by atoms with Gasteiger partial charge < -0.3 is 15.5 Å². The number of nitrogens with zero attached hydrogens (tertiary/aromatic N) is 4. The molecule has 0 aliphatic carbocycles. The Morgan fingerprint density at radius 1 is 1.16 bits per heavy atom. The molecule has 2 fully saturated rings. The van der Waals surface area contributed by atoms with E-state index in [-0.39, 0.29) is 24.0 Å². The van der Waals surface area contributed by atoms with Crippen molar-refractivity contribution in [2.24, 2.45) is 22.6 Å². The summed E-state index contributed by atoms with van der Waals surface area (Å²) in [6, 6.07) is 4.26. The number of aliphatic imine (C=N–C) groups is 1. The average Bonchev–Trinajstić information content (AvgIpc) is 2.61. The van der Waals surface area contributed by atoms with Gasteiger partial charge in [0, 0.05) is 32.4 Å². The fourth-order valence-electron chi connectivity index (χ4n) is 3.60. The number of pyridine rings is 1. The quantitative estimate of drug-likeness (QED) is 0.429. The van der Waals surface area contributed by atoms with Gasteiger partial charge in [0.1, 0.15) is 5.82 Å². The Morgan fingerprint density at radius 2 is 1.92 bits per heavy atom. The molecule has 0 radical (unpaired) electrons. The number of rotatable bonds is 3. The van der Waals surface area contributed by atoms with Gasteiger partial charge in [-0.25, -0.2) is 9.98 Å². The third kappa shape index (κ3) is 5.72. The van der Waals surface area contributed by atoms with Gasteiger partial charge in [-0.15, -0.1) is 24.0 Å². The highest BCUT2D eigenvalue weighted by molar-refractivity contribution is 14.0. The van der Waals surface area contributed by atoms with E-state index in [0.717, 1.165) is 43.5 Å². The highest BCUT2D eigenvalue weighted by Gasteiger charge is 2.18. The predicted octanol–water partition coefficient (Wildman–Crippen LogP) is 3.48. The number of guanidine groups is 1. The molecule has 0 bridgehead atoms. The van der Waals surface area contributed by atoms with E-state index in [9.17, 15) is 0 Å². The molecule has 1 aromatic rings. The van der Waals surface area contributed by atoms with Crippen molar-refractivity contribution in [1.29, 1.82) is 0 Å². The minimum absolute atomic E-state index is 0. The molecule has 2 aliphatic heterocycles. The monoisotopic (exact) mass is 457 g/mol. The maximum Gasteiger partial charge on any atom is 0.191 e. The van der Waals surface area contributed by atoms with Crippen LogP contribution in [0, 0.1) is 11.8 Å². The van der Waals surface area contributed by atoms with Gasteiger partial charge in [0.05, 0.1) is 6.54 Å². The van der Waals surface area contributed by atoms with Crippen molar-refractivity contribution >= 4 is 35.8 Å². The maximum absolute atomic E-state index is 6.17. The van der Waals surface area contributed by atoms with Crippen LogP contribution in [0.5, 0.6) is 0 Å². The number of piperidine rings is 2. The van der Waals surface area contributed by atoms with Crippen LogP contribution >= 0.6 is 24.0 Å². The molecule has 1 unspecified atom stereocenters. The van der Waals surface area contributed by atoms with Crippen LogP contribution in [0.15, 0.2) is 23.3 Å². The van der Waals surface area contributed by atoms with Crippen LogP contribution in [0.3, 0.4) is 0 Å². The molecule has 0 saturated carbocycles. The summed E-state index contributed by atoms with van der Waals surface area (Å²) in [6.45, 7) is 9.52. The zero-order chi connectivity index (χ0) is 16.9. The molecule has 0 spiro atoms. The van der Waals surface area contributed by atoms with E-state index in [4.69, 9.17) is 5.73 Å². The molecule has 0 amide bonds. The van der Waals surface area contributed by atoms with E-state index in [1.165, 1.54) is 25.7 Å². The largest absolute Gasteiger partial charge is 0.370 e. The van der Waals surface area contributed by atoms with Crippen molar-refractivity contribution in [3.8, 4) is 0 Å². The summed E-state index contributed by atoms with van der Waals surface area (Å²) in [5, 5.41) is 0. The van der Waals surface area contributed by atoms with Crippen molar-refractivity contribution in [1.82, 2.24) is 9.88 Å². The van der Waals surface area contributed by atoms with Crippen LogP contribution in [0.1, 0.15) is 45.1 Å². The lowest BCUT2D eigenvalue weighted by Gasteiger charge is -2.31. The summed E-state index contributed by atoms with van der Waals surface area (Å²) in [6.07, 6.45) is 6.98. The number of halogens is 1. The van der Waals surface area contributed by atoms with E-state index in [1.807, 2.05) is 6.20 Å². The molecule has 2 aliphatic rings. The lowest BCUT2D eigenvalue weighted by Crippen LogP contribution is -2.43. The summed E-state index contributed by atoms with van der Waals surface area (Å²) in [7, 11) is 0. The molecule has 1 aromatic heterocycles. The Bertz CT molecular complexity index is 551. The van der Waals surface area contributed by atoms with Crippen molar-refractivity contribution in [3.63, 3.8) is 0 Å². The van der Waals surface area contributed by atoms with E-state index < -0.39 is 0 Å². The van der Waals surface area contributed by atoms with Crippen LogP contribution in [0.4, 0.5) is 5.82 Å². The van der Waals surface area contributed by atoms with Crippen molar-refractivity contribution < 1.29 is 0 Å². The van der Waals surface area contributed by atoms with Gasteiger partial charge in [-0.1, -0.05) is 19.9 Å². The SMILES string of the molecule is CC1CCN(c2ccc(CN=C(N)N3CCCC(C)C3)cn2)CC1.I. The van der Waals surface area contributed by atoms with Crippen molar-refractivity contribution in [3.05, 3.63) is 23.9 Å². The summed E-state index contributed by atoms with van der Waals surface area (Å²) < 4.78 is 0. The van der Waals surface area contributed by atoms with Crippen LogP contribution in [0.25, 0.3) is 0 Å². The zero-order valence-corrected chi connectivity index (χ0v) is 17.9. The molecule has 1 atom stereocenters. The second-order valence-corrected chi connectivity index (χ2v) is 7.56. The second-order valence-electron chi connectivity index (χ2n) is 7.56. The van der Waals surface area contributed by atoms with Crippen LogP contribution in [-0.2, 0) is 6.54 Å². The Morgan fingerprint density at radius 3 is 2.56 bits per heavy atom. The Balaban J connectivity index is 0.00000225. The smallest absolute Gasteiger partial charge is 0.191 e. The Kier molecular flexibility index (Phi) is 7.78. The Hall–Kier alpha value is -1.05. The third-order valence-electron chi connectivity index (χ3n) is 5.32. The summed E-state index contributed by atoms with van der Waals surface area (Å²) in [5.74, 6) is 3.32. The lowest BCUT2D eigenvalue weighted by atomic mass is 9.99. The number of hydrogen-bond donors (Lipinski definition) is 1. The van der Waals surface area contributed by atoms with Gasteiger partial charge in [0.15, 0.2) is 5.96 Å². The highest BCUT2D eigenvalue weighted by atomic mass is 127. The number of nitrogens with two attached hydrogens (primary N) is 1. The van der Waals surface area contributed by atoms with Crippen LogP contribution in [0.2, 0.25) is 0 Å². The number of aromatic nitrogens is 1. The normalized spacial score (nSPS) is 22.6. The zero-order valence-electron chi connectivity index (χ0n) is 15.5. The molecular formula is C19H32IN5. The van der Waals surface area contributed by atoms with Gasteiger partial charge in [0.25, 0.3) is 0 Å². The van der Waals surface area contributed by atoms with E-state index in [1.54, 1.807) is 0 Å². The summed E-state index contributed by atoms with van der Waals surface area (Å²) in [5.41, 5.74) is 7.29. The lowest BCUT2D eigenvalue weighted by molar-refractivity contribution is 0.270. The van der Waals surface area contributed by atoms with Crippen LogP contribution in [-0.4, -0.2) is 42.0 Å². The molecule has 25 heavy (non-hydrogen) atoms. The molecule has 140 valence electrons. The van der Waals surface area contributed by atoms with E-state index >= 15 is 0 Å². The standard InChI is InChI=1S/C19H31N5.HI/c1-15-7-10-23(11-8-15)18-6-5-17(12-21-18)13-22-19(20)24-9-3-4-16(2)14-24;/h5-6,12,15-16H,3-4,7-11,13-14H2,1-2H3,(H2,20,22);1H. The molecule has 5 nitrogen and oxygen atoms in total. The Labute approximate surface area is 169 Å². The van der Waals surface area contributed by atoms with Crippen LogP contribution < -0.4 is 10.6 Å². The first-order chi connectivity index (χ1) is 11.6. The van der Waals surface area contributed by atoms with Gasteiger partial charge >= 0.3 is 0 Å². The fraction of sp³-hybridized carbons (Fsp3) is 0.684. The first kappa shape index (κ1) is 20.3. The van der Waals surface area contributed by atoms with Gasteiger partial charge in [-0.05, 0) is 49.1 Å². The molecular weight excluding hydrogens is 425 g/mol. The average molecular weight is 457 g/mol. The third-order valence-corrected chi connectivity index (χ3v) is 5.32. The molecule has 0 aromatic carbocycles. The molecule has 2 N–H and O–H groups in total. The minimum Gasteiger partial charge on any atom is -0.370 e. The summed E-state index contributed by atoms with van der Waals surface area (Å²) in [4.78, 5) is 13.8. The van der Waals surface area contributed by atoms with Gasteiger partial charge in [-0.3, -0.25) is 0 Å². The number of hydrogen-bond acceptors (Lipinski definition) is 3. The first-order valence-corrected chi connectivity index (χ1v) is 9.36. The van der Waals surface area contributed by atoms with E-state index in [2.05, 4.69) is 45.8 Å². The fourth-order valence-corrected chi connectivity index (χ4v) is 3.60. The van der Waals surface area contributed by atoms with Crippen molar-refractivity contribution in [2.45, 2.75) is 46.1 Å². The van der Waals surface area contributed by atoms with Gasteiger partial charge in [-0.2, -0.15) is 0 Å². The number of anilines is 1. The van der Waals surface area contributed by atoms with E-state index in [0.29, 0.717) is 18.4 Å². The molecule has 6 heteroatoms. The molecule has 3 rings (SSSR count). The first-order valence-electron chi connectivity index (χ1n) is 9.36. The topological polar surface area (TPSA) is 57.8 Å².